The number of aliphatic hydroxyl groups is 1. The number of nitrogens with one attached hydrogen (secondary N) is 1. The minimum atomic E-state index is -3.83. The van der Waals surface area contributed by atoms with Crippen LogP contribution >= 0.6 is 11.3 Å². The Bertz CT molecular complexity index is 544. The van der Waals surface area contributed by atoms with E-state index in [1.54, 1.807) is 13.8 Å². The van der Waals surface area contributed by atoms with Crippen molar-refractivity contribution in [1.29, 1.82) is 0 Å². The molecule has 0 spiro atoms. The number of aromatic carboxylic acids is 1. The summed E-state index contributed by atoms with van der Waals surface area (Å²) >= 11 is 0.669. The molecule has 8 heteroatoms. The summed E-state index contributed by atoms with van der Waals surface area (Å²) in [5.74, 6) is -1.17. The Morgan fingerprint density at radius 1 is 1.44 bits per heavy atom. The van der Waals surface area contributed by atoms with E-state index in [9.17, 15) is 18.3 Å². The monoisotopic (exact) mass is 293 g/mol. The zero-order chi connectivity index (χ0) is 14.1. The van der Waals surface area contributed by atoms with Crippen molar-refractivity contribution in [3.63, 3.8) is 0 Å². The minimum absolute atomic E-state index is 0.0507. The summed E-state index contributed by atoms with van der Waals surface area (Å²) in [4.78, 5) is 10.6. The number of hydrogen-bond donors (Lipinski definition) is 3. The zero-order valence-corrected chi connectivity index (χ0v) is 11.8. The SMILES string of the molecule is CC(O)C(C)(C)NS(=O)(=O)c1ccc(C(=O)O)s1. The largest absolute Gasteiger partial charge is 0.477 e. The molecular formula is C10H15NO5S2. The van der Waals surface area contributed by atoms with Crippen molar-refractivity contribution in [2.75, 3.05) is 0 Å². The van der Waals surface area contributed by atoms with Crippen LogP contribution in [0.5, 0.6) is 0 Å². The van der Waals surface area contributed by atoms with Crippen LogP contribution in [-0.4, -0.2) is 36.2 Å². The van der Waals surface area contributed by atoms with Crippen molar-refractivity contribution in [2.24, 2.45) is 0 Å². The van der Waals surface area contributed by atoms with Crippen molar-refractivity contribution in [3.05, 3.63) is 17.0 Å². The van der Waals surface area contributed by atoms with Gasteiger partial charge in [0, 0.05) is 0 Å². The highest BCUT2D eigenvalue weighted by Gasteiger charge is 2.31. The second kappa shape index (κ2) is 4.96. The Morgan fingerprint density at radius 2 is 2.00 bits per heavy atom. The molecule has 102 valence electrons. The molecule has 0 amide bonds. The first-order valence-corrected chi connectivity index (χ1v) is 7.41. The molecule has 6 nitrogen and oxygen atoms in total. The van der Waals surface area contributed by atoms with Crippen LogP contribution in [0.2, 0.25) is 0 Å². The first kappa shape index (κ1) is 15.1. The Kier molecular flexibility index (Phi) is 4.16. The van der Waals surface area contributed by atoms with E-state index in [4.69, 9.17) is 5.11 Å². The molecule has 0 saturated heterocycles. The Balaban J connectivity index is 3.03. The van der Waals surface area contributed by atoms with E-state index in [-0.39, 0.29) is 9.09 Å². The maximum atomic E-state index is 12.0. The van der Waals surface area contributed by atoms with E-state index >= 15 is 0 Å². The van der Waals surface area contributed by atoms with Crippen molar-refractivity contribution >= 4 is 27.3 Å². The van der Waals surface area contributed by atoms with E-state index in [0.717, 1.165) is 0 Å². The van der Waals surface area contributed by atoms with Crippen LogP contribution in [0, 0.1) is 0 Å². The number of sulfonamides is 1. The highest BCUT2D eigenvalue weighted by atomic mass is 32.2. The van der Waals surface area contributed by atoms with Gasteiger partial charge in [0.1, 0.15) is 9.09 Å². The third-order valence-electron chi connectivity index (χ3n) is 2.50. The van der Waals surface area contributed by atoms with Gasteiger partial charge in [-0.05, 0) is 32.9 Å². The molecule has 3 N–H and O–H groups in total. The zero-order valence-electron chi connectivity index (χ0n) is 10.2. The van der Waals surface area contributed by atoms with Crippen LogP contribution in [0.1, 0.15) is 30.4 Å². The molecule has 1 heterocycles. The van der Waals surface area contributed by atoms with Gasteiger partial charge in [0.2, 0.25) is 0 Å². The molecular weight excluding hydrogens is 278 g/mol. The number of aliphatic hydroxyl groups excluding tert-OH is 1. The van der Waals surface area contributed by atoms with E-state index in [1.807, 2.05) is 0 Å². The van der Waals surface area contributed by atoms with Crippen molar-refractivity contribution in [2.45, 2.75) is 36.6 Å². The molecule has 1 unspecified atom stereocenters. The van der Waals surface area contributed by atoms with Gasteiger partial charge in [-0.3, -0.25) is 0 Å². The molecule has 0 aliphatic carbocycles. The molecule has 0 aliphatic heterocycles. The molecule has 0 bridgehead atoms. The van der Waals surface area contributed by atoms with Gasteiger partial charge in [-0.2, -0.15) is 0 Å². The number of carboxylic acids is 1. The lowest BCUT2D eigenvalue weighted by Crippen LogP contribution is -2.50. The van der Waals surface area contributed by atoms with Gasteiger partial charge in [0.15, 0.2) is 0 Å². The highest BCUT2D eigenvalue weighted by Crippen LogP contribution is 2.23. The summed E-state index contributed by atoms with van der Waals surface area (Å²) in [5.41, 5.74) is -1.04. The van der Waals surface area contributed by atoms with Gasteiger partial charge in [-0.1, -0.05) is 0 Å². The summed E-state index contributed by atoms with van der Waals surface area (Å²) < 4.78 is 26.2. The average molecular weight is 293 g/mol. The van der Waals surface area contributed by atoms with Crippen LogP contribution in [0.3, 0.4) is 0 Å². The summed E-state index contributed by atoms with van der Waals surface area (Å²) in [6.07, 6.45) is -0.883. The predicted octanol–water partition coefficient (Wildman–Crippen LogP) is 0.884. The lowest BCUT2D eigenvalue weighted by molar-refractivity contribution is 0.0702. The summed E-state index contributed by atoms with van der Waals surface area (Å²) in [7, 11) is -3.83. The summed E-state index contributed by atoms with van der Waals surface area (Å²) in [6.45, 7) is 4.56. The number of carbonyl (C=O) groups is 1. The molecule has 18 heavy (non-hydrogen) atoms. The molecule has 1 atom stereocenters. The molecule has 0 aromatic carbocycles. The molecule has 0 aliphatic rings. The molecule has 1 aromatic rings. The molecule has 1 rings (SSSR count). The number of rotatable bonds is 5. The van der Waals surface area contributed by atoms with Crippen LogP contribution in [0.4, 0.5) is 0 Å². The maximum absolute atomic E-state index is 12.0. The van der Waals surface area contributed by atoms with Gasteiger partial charge >= 0.3 is 5.97 Å². The van der Waals surface area contributed by atoms with E-state index < -0.39 is 27.6 Å². The van der Waals surface area contributed by atoms with Crippen LogP contribution < -0.4 is 4.72 Å². The standard InChI is InChI=1S/C10H15NO5S2/c1-6(12)10(2,3)11-18(15,16)8-5-4-7(17-8)9(13)14/h4-6,11-12H,1-3H3,(H,13,14). The van der Waals surface area contributed by atoms with Gasteiger partial charge in [-0.15, -0.1) is 11.3 Å². The van der Waals surface area contributed by atoms with E-state index in [2.05, 4.69) is 4.72 Å². The van der Waals surface area contributed by atoms with Crippen molar-refractivity contribution < 1.29 is 23.4 Å². The number of thiophene rings is 1. The fraction of sp³-hybridized carbons (Fsp3) is 0.500. The van der Waals surface area contributed by atoms with Gasteiger partial charge in [0.25, 0.3) is 10.0 Å². The Labute approximate surface area is 109 Å². The lowest BCUT2D eigenvalue weighted by Gasteiger charge is -2.28. The second-order valence-corrected chi connectivity index (χ2v) is 7.42. The smallest absolute Gasteiger partial charge is 0.345 e. The molecule has 1 aromatic heterocycles. The van der Waals surface area contributed by atoms with Gasteiger partial charge in [-0.25, -0.2) is 17.9 Å². The quantitative estimate of drug-likeness (QED) is 0.748. The number of hydrogen-bond acceptors (Lipinski definition) is 5. The molecule has 0 fully saturated rings. The third kappa shape index (κ3) is 3.29. The van der Waals surface area contributed by atoms with Crippen molar-refractivity contribution in [1.82, 2.24) is 4.72 Å². The fourth-order valence-corrected chi connectivity index (χ4v) is 3.68. The first-order chi connectivity index (χ1) is 8.06. The average Bonchev–Trinajstić information content (AvgIpc) is 2.64. The normalized spacial score (nSPS) is 14.4. The van der Waals surface area contributed by atoms with Crippen LogP contribution in [-0.2, 0) is 10.0 Å². The fourth-order valence-electron chi connectivity index (χ4n) is 1.06. The Hall–Kier alpha value is -0.960. The van der Waals surface area contributed by atoms with E-state index in [0.29, 0.717) is 11.3 Å². The van der Waals surface area contributed by atoms with E-state index in [1.165, 1.54) is 19.1 Å². The van der Waals surface area contributed by atoms with Gasteiger partial charge < -0.3 is 10.2 Å². The van der Waals surface area contributed by atoms with Gasteiger partial charge in [0.05, 0.1) is 11.6 Å². The molecule has 0 saturated carbocycles. The second-order valence-electron chi connectivity index (χ2n) is 4.43. The highest BCUT2D eigenvalue weighted by molar-refractivity contribution is 7.91. The summed E-state index contributed by atoms with van der Waals surface area (Å²) in [5, 5.41) is 18.2. The summed E-state index contributed by atoms with van der Waals surface area (Å²) in [6, 6.07) is 2.46. The maximum Gasteiger partial charge on any atom is 0.345 e. The van der Waals surface area contributed by atoms with Crippen molar-refractivity contribution in [3.8, 4) is 0 Å². The number of carboxylic acid groups (broad SMARTS) is 1. The lowest BCUT2D eigenvalue weighted by atomic mass is 10.0. The Morgan fingerprint density at radius 3 is 2.39 bits per heavy atom. The topological polar surface area (TPSA) is 104 Å². The third-order valence-corrected chi connectivity index (χ3v) is 5.74. The van der Waals surface area contributed by atoms with Crippen LogP contribution in [0.15, 0.2) is 16.3 Å². The predicted molar refractivity (Wildman–Crippen MR) is 67.4 cm³/mol. The molecule has 0 radical (unpaired) electrons. The first-order valence-electron chi connectivity index (χ1n) is 5.11. The minimum Gasteiger partial charge on any atom is -0.477 e. The van der Waals surface area contributed by atoms with Crippen LogP contribution in [0.25, 0.3) is 0 Å².